The van der Waals surface area contributed by atoms with E-state index < -0.39 is 0 Å². The largest absolute Gasteiger partial charge is 0.466 e. The summed E-state index contributed by atoms with van der Waals surface area (Å²) in [6.45, 7) is 5.59. The van der Waals surface area contributed by atoms with Gasteiger partial charge >= 0.3 is 5.97 Å². The lowest BCUT2D eigenvalue weighted by molar-refractivity contribution is -0.146. The van der Waals surface area contributed by atoms with E-state index in [1.54, 1.807) is 14.0 Å². The van der Waals surface area contributed by atoms with Crippen LogP contribution in [0.1, 0.15) is 32.6 Å². The normalized spacial score (nSPS) is 16.0. The minimum absolute atomic E-state index is 0.0433. The Kier molecular flexibility index (Phi) is 9.01. The van der Waals surface area contributed by atoms with Crippen LogP contribution < -0.4 is 0 Å². The SMILES string of the molecule is CCOC(=O)CCC(=O)N1CCC(COCCOC)CC1. The number of carbonyl (C=O) groups is 2. The molecule has 1 saturated heterocycles. The third-order valence-electron chi connectivity index (χ3n) is 3.60. The number of amides is 1. The van der Waals surface area contributed by atoms with Crippen LogP contribution >= 0.6 is 0 Å². The van der Waals surface area contributed by atoms with Gasteiger partial charge in [0.15, 0.2) is 0 Å². The first-order valence-corrected chi connectivity index (χ1v) is 7.67. The van der Waals surface area contributed by atoms with E-state index in [0.29, 0.717) is 25.7 Å². The molecule has 21 heavy (non-hydrogen) atoms. The second-order valence-corrected chi connectivity index (χ2v) is 5.20. The van der Waals surface area contributed by atoms with Crippen molar-refractivity contribution in [2.45, 2.75) is 32.6 Å². The number of likely N-dealkylation sites (tertiary alicyclic amines) is 1. The van der Waals surface area contributed by atoms with Crippen molar-refractivity contribution >= 4 is 11.9 Å². The summed E-state index contributed by atoms with van der Waals surface area (Å²) in [6.07, 6.45) is 2.33. The Hall–Kier alpha value is -1.14. The third-order valence-corrected chi connectivity index (χ3v) is 3.60. The molecule has 6 heteroatoms. The highest BCUT2D eigenvalue weighted by molar-refractivity contribution is 5.81. The van der Waals surface area contributed by atoms with Gasteiger partial charge in [0.05, 0.1) is 26.2 Å². The van der Waals surface area contributed by atoms with Crippen LogP contribution in [-0.4, -0.2) is 63.4 Å². The molecule has 1 aliphatic rings. The summed E-state index contributed by atoms with van der Waals surface area (Å²) in [5, 5.41) is 0. The molecule has 1 amide bonds. The lowest BCUT2D eigenvalue weighted by Crippen LogP contribution is -2.39. The molecule has 1 heterocycles. The van der Waals surface area contributed by atoms with Gasteiger partial charge in [-0.25, -0.2) is 0 Å². The van der Waals surface area contributed by atoms with Gasteiger partial charge in [-0.15, -0.1) is 0 Å². The fourth-order valence-corrected chi connectivity index (χ4v) is 2.34. The summed E-state index contributed by atoms with van der Waals surface area (Å²) >= 11 is 0. The van der Waals surface area contributed by atoms with E-state index in [1.807, 2.05) is 4.90 Å². The molecule has 0 saturated carbocycles. The van der Waals surface area contributed by atoms with Gasteiger partial charge in [0.1, 0.15) is 0 Å². The standard InChI is InChI=1S/C15H27NO5/c1-3-21-15(18)5-4-14(17)16-8-6-13(7-9-16)12-20-11-10-19-2/h13H,3-12H2,1-2H3. The van der Waals surface area contributed by atoms with Crippen molar-refractivity contribution < 1.29 is 23.8 Å². The van der Waals surface area contributed by atoms with Crippen LogP contribution in [0.3, 0.4) is 0 Å². The van der Waals surface area contributed by atoms with Gasteiger partial charge in [-0.3, -0.25) is 9.59 Å². The molecular formula is C15H27NO5. The zero-order valence-electron chi connectivity index (χ0n) is 13.1. The van der Waals surface area contributed by atoms with Crippen LogP contribution in [0.2, 0.25) is 0 Å². The summed E-state index contributed by atoms with van der Waals surface area (Å²) in [4.78, 5) is 25.1. The number of piperidine rings is 1. The highest BCUT2D eigenvalue weighted by Gasteiger charge is 2.23. The molecule has 6 nitrogen and oxygen atoms in total. The predicted octanol–water partition coefficient (Wildman–Crippen LogP) is 1.23. The van der Waals surface area contributed by atoms with Crippen LogP contribution in [0.25, 0.3) is 0 Å². The summed E-state index contributed by atoms with van der Waals surface area (Å²) in [5.74, 6) is 0.255. The summed E-state index contributed by atoms with van der Waals surface area (Å²) in [5.41, 5.74) is 0. The molecule has 0 bridgehead atoms. The molecule has 1 fully saturated rings. The molecular weight excluding hydrogens is 274 g/mol. The highest BCUT2D eigenvalue weighted by Crippen LogP contribution is 2.18. The van der Waals surface area contributed by atoms with Crippen LogP contribution in [-0.2, 0) is 23.8 Å². The van der Waals surface area contributed by atoms with Crippen molar-refractivity contribution in [1.29, 1.82) is 0 Å². The van der Waals surface area contributed by atoms with E-state index in [4.69, 9.17) is 14.2 Å². The van der Waals surface area contributed by atoms with Gasteiger partial charge < -0.3 is 19.1 Å². The van der Waals surface area contributed by atoms with Crippen LogP contribution in [0.5, 0.6) is 0 Å². The Labute approximate surface area is 126 Å². The monoisotopic (exact) mass is 301 g/mol. The topological polar surface area (TPSA) is 65.1 Å². The molecule has 0 aromatic rings. The third kappa shape index (κ3) is 7.43. The smallest absolute Gasteiger partial charge is 0.306 e. The fraction of sp³-hybridized carbons (Fsp3) is 0.867. The highest BCUT2D eigenvalue weighted by atomic mass is 16.5. The lowest BCUT2D eigenvalue weighted by Gasteiger charge is -2.31. The van der Waals surface area contributed by atoms with Crippen molar-refractivity contribution in [2.75, 3.05) is 46.6 Å². The molecule has 0 N–H and O–H groups in total. The van der Waals surface area contributed by atoms with Crippen molar-refractivity contribution in [2.24, 2.45) is 5.92 Å². The van der Waals surface area contributed by atoms with Gasteiger partial charge in [-0.1, -0.05) is 0 Å². The maximum absolute atomic E-state index is 12.0. The molecule has 0 unspecified atom stereocenters. The van der Waals surface area contributed by atoms with Gasteiger partial charge in [0.25, 0.3) is 0 Å². The minimum Gasteiger partial charge on any atom is -0.466 e. The second-order valence-electron chi connectivity index (χ2n) is 5.20. The van der Waals surface area contributed by atoms with Crippen molar-refractivity contribution in [3.8, 4) is 0 Å². The number of carbonyl (C=O) groups excluding carboxylic acids is 2. The lowest BCUT2D eigenvalue weighted by atomic mass is 9.97. The van der Waals surface area contributed by atoms with Gasteiger partial charge in [-0.05, 0) is 25.7 Å². The van der Waals surface area contributed by atoms with Crippen molar-refractivity contribution in [3.63, 3.8) is 0 Å². The number of methoxy groups -OCH3 is 1. The molecule has 0 aromatic heterocycles. The number of hydrogen-bond donors (Lipinski definition) is 0. The van der Waals surface area contributed by atoms with Crippen LogP contribution in [0, 0.1) is 5.92 Å². The molecule has 1 rings (SSSR count). The minimum atomic E-state index is -0.299. The Balaban J connectivity index is 2.14. The average molecular weight is 301 g/mol. The average Bonchev–Trinajstić information content (AvgIpc) is 2.50. The summed E-state index contributed by atoms with van der Waals surface area (Å²) < 4.78 is 15.3. The molecule has 122 valence electrons. The fourth-order valence-electron chi connectivity index (χ4n) is 2.34. The maximum Gasteiger partial charge on any atom is 0.306 e. The van der Waals surface area contributed by atoms with E-state index in [2.05, 4.69) is 0 Å². The Morgan fingerprint density at radius 3 is 2.48 bits per heavy atom. The molecule has 0 atom stereocenters. The van der Waals surface area contributed by atoms with E-state index in [0.717, 1.165) is 32.5 Å². The number of nitrogens with zero attached hydrogens (tertiary/aromatic N) is 1. The maximum atomic E-state index is 12.0. The zero-order chi connectivity index (χ0) is 15.5. The number of ether oxygens (including phenoxy) is 3. The van der Waals surface area contributed by atoms with Gasteiger partial charge in [0, 0.05) is 33.2 Å². The van der Waals surface area contributed by atoms with Crippen LogP contribution in [0.15, 0.2) is 0 Å². The molecule has 1 aliphatic heterocycles. The van der Waals surface area contributed by atoms with E-state index in [9.17, 15) is 9.59 Å². The van der Waals surface area contributed by atoms with Crippen molar-refractivity contribution in [1.82, 2.24) is 4.90 Å². The first kappa shape index (κ1) is 17.9. The summed E-state index contributed by atoms with van der Waals surface area (Å²) in [7, 11) is 1.66. The van der Waals surface area contributed by atoms with Gasteiger partial charge in [-0.2, -0.15) is 0 Å². The first-order chi connectivity index (χ1) is 10.2. The number of rotatable bonds is 9. The Bertz CT molecular complexity index is 313. The molecule has 0 spiro atoms. The Morgan fingerprint density at radius 1 is 1.14 bits per heavy atom. The van der Waals surface area contributed by atoms with E-state index >= 15 is 0 Å². The molecule has 0 aromatic carbocycles. The Morgan fingerprint density at radius 2 is 1.86 bits per heavy atom. The van der Waals surface area contributed by atoms with Crippen LogP contribution in [0.4, 0.5) is 0 Å². The zero-order valence-corrected chi connectivity index (χ0v) is 13.1. The summed E-state index contributed by atoms with van der Waals surface area (Å²) in [6, 6.07) is 0. The van der Waals surface area contributed by atoms with E-state index in [-0.39, 0.29) is 24.7 Å². The quantitative estimate of drug-likeness (QED) is 0.473. The van der Waals surface area contributed by atoms with Gasteiger partial charge in [0.2, 0.25) is 5.91 Å². The molecule has 0 radical (unpaired) electrons. The number of esters is 1. The second kappa shape index (κ2) is 10.6. The van der Waals surface area contributed by atoms with E-state index in [1.165, 1.54) is 0 Å². The molecule has 0 aliphatic carbocycles. The number of hydrogen-bond acceptors (Lipinski definition) is 5. The van der Waals surface area contributed by atoms with Crippen molar-refractivity contribution in [3.05, 3.63) is 0 Å². The predicted molar refractivity (Wildman–Crippen MR) is 77.9 cm³/mol. The first-order valence-electron chi connectivity index (χ1n) is 7.67.